The number of halogens is 5. The summed E-state index contributed by atoms with van der Waals surface area (Å²) in [5, 5.41) is 4.04. The van der Waals surface area contributed by atoms with E-state index in [2.05, 4.69) is 20.3 Å². The number of thiazole rings is 1. The van der Waals surface area contributed by atoms with Gasteiger partial charge in [0.1, 0.15) is 11.9 Å². The van der Waals surface area contributed by atoms with Crippen molar-refractivity contribution in [2.45, 2.75) is 69.2 Å². The van der Waals surface area contributed by atoms with Gasteiger partial charge in [0.05, 0.1) is 0 Å². The van der Waals surface area contributed by atoms with Gasteiger partial charge in [0.2, 0.25) is 11.8 Å². The van der Waals surface area contributed by atoms with Gasteiger partial charge in [0, 0.05) is 30.3 Å². The van der Waals surface area contributed by atoms with Crippen LogP contribution in [-0.2, 0) is 6.18 Å². The minimum Gasteiger partial charge on any atom is -0.474 e. The van der Waals surface area contributed by atoms with Gasteiger partial charge >= 0.3 is 6.18 Å². The van der Waals surface area contributed by atoms with E-state index in [0.29, 0.717) is 5.82 Å². The lowest BCUT2D eigenvalue weighted by Crippen LogP contribution is -2.32. The molecule has 0 spiro atoms. The van der Waals surface area contributed by atoms with Gasteiger partial charge in [-0.2, -0.15) is 18.2 Å². The standard InChI is InChI=1S/C18H19F5N4OS/c19-17(20)6-4-10(5-7-17)24-13-8-14(28-11-2-1-3-11)27-15(26-13)16-25-12(9-29-16)18(21,22)23/h8-11H,1-7H2,(H,24,26,27). The highest BCUT2D eigenvalue weighted by molar-refractivity contribution is 7.13. The van der Waals surface area contributed by atoms with Gasteiger partial charge in [0.25, 0.3) is 0 Å². The molecular weight excluding hydrogens is 415 g/mol. The van der Waals surface area contributed by atoms with Crippen molar-refractivity contribution < 1.29 is 26.7 Å². The summed E-state index contributed by atoms with van der Waals surface area (Å²) in [5.74, 6) is -2.05. The Bertz CT molecular complexity index is 858. The maximum Gasteiger partial charge on any atom is 0.434 e. The molecule has 0 amide bonds. The number of rotatable bonds is 5. The van der Waals surface area contributed by atoms with Gasteiger partial charge in [0.15, 0.2) is 16.5 Å². The van der Waals surface area contributed by atoms with Crippen molar-refractivity contribution in [2.75, 3.05) is 5.32 Å². The van der Waals surface area contributed by atoms with E-state index in [1.165, 1.54) is 0 Å². The van der Waals surface area contributed by atoms with Crippen molar-refractivity contribution in [1.82, 2.24) is 15.0 Å². The highest BCUT2D eigenvalue weighted by atomic mass is 32.1. The van der Waals surface area contributed by atoms with Crippen LogP contribution in [0.2, 0.25) is 0 Å². The second-order valence-corrected chi connectivity index (χ2v) is 8.25. The van der Waals surface area contributed by atoms with E-state index in [4.69, 9.17) is 4.74 Å². The minimum atomic E-state index is -4.55. The predicted octanol–water partition coefficient (Wildman–Crippen LogP) is 5.54. The monoisotopic (exact) mass is 434 g/mol. The lowest BCUT2D eigenvalue weighted by Gasteiger charge is -2.29. The molecule has 0 aromatic carbocycles. The highest BCUT2D eigenvalue weighted by Gasteiger charge is 2.36. The summed E-state index contributed by atoms with van der Waals surface area (Å²) in [6.07, 6.45) is -1.59. The molecule has 4 rings (SSSR count). The van der Waals surface area contributed by atoms with Crippen LogP contribution in [0.3, 0.4) is 0 Å². The van der Waals surface area contributed by atoms with E-state index in [1.54, 1.807) is 6.07 Å². The minimum absolute atomic E-state index is 0.0148. The molecule has 0 saturated heterocycles. The molecule has 2 aromatic heterocycles. The smallest absolute Gasteiger partial charge is 0.434 e. The average Bonchev–Trinajstić information content (AvgIpc) is 3.11. The van der Waals surface area contributed by atoms with Crippen molar-refractivity contribution >= 4 is 17.2 Å². The van der Waals surface area contributed by atoms with E-state index >= 15 is 0 Å². The first-order valence-electron chi connectivity index (χ1n) is 9.41. The van der Waals surface area contributed by atoms with Gasteiger partial charge in [-0.25, -0.2) is 18.7 Å². The zero-order valence-electron chi connectivity index (χ0n) is 15.3. The highest BCUT2D eigenvalue weighted by Crippen LogP contribution is 2.36. The molecule has 1 N–H and O–H groups in total. The Kier molecular flexibility index (Phi) is 5.34. The van der Waals surface area contributed by atoms with Gasteiger partial charge in [-0.15, -0.1) is 11.3 Å². The van der Waals surface area contributed by atoms with Gasteiger partial charge < -0.3 is 10.1 Å². The fourth-order valence-corrected chi connectivity index (χ4v) is 3.97. The molecule has 0 bridgehead atoms. The molecule has 2 heterocycles. The van der Waals surface area contributed by atoms with Crippen LogP contribution in [0, 0.1) is 0 Å². The average molecular weight is 434 g/mol. The van der Waals surface area contributed by atoms with E-state index in [1.807, 2.05) is 0 Å². The van der Waals surface area contributed by atoms with Crippen molar-refractivity contribution in [2.24, 2.45) is 0 Å². The summed E-state index contributed by atoms with van der Waals surface area (Å²) in [6, 6.07) is 1.36. The predicted molar refractivity (Wildman–Crippen MR) is 97.2 cm³/mol. The molecule has 0 atom stereocenters. The Balaban J connectivity index is 1.58. The SMILES string of the molecule is FC1(F)CCC(Nc2cc(OC3CCC3)nc(-c3nc(C(F)(F)F)cs3)n2)CC1. The Labute approximate surface area is 167 Å². The molecule has 5 nitrogen and oxygen atoms in total. The van der Waals surface area contributed by atoms with Crippen LogP contribution < -0.4 is 10.1 Å². The summed E-state index contributed by atoms with van der Waals surface area (Å²) in [5.41, 5.74) is -1.00. The van der Waals surface area contributed by atoms with Crippen LogP contribution in [0.5, 0.6) is 5.88 Å². The Morgan fingerprint density at radius 3 is 2.38 bits per heavy atom. The van der Waals surface area contributed by atoms with Crippen LogP contribution in [0.4, 0.5) is 27.8 Å². The van der Waals surface area contributed by atoms with Gasteiger partial charge in [-0.05, 0) is 32.1 Å². The van der Waals surface area contributed by atoms with E-state index in [0.717, 1.165) is 36.0 Å². The maximum absolute atomic E-state index is 13.4. The first-order chi connectivity index (χ1) is 13.7. The third-order valence-electron chi connectivity index (χ3n) is 5.10. The second-order valence-electron chi connectivity index (χ2n) is 7.40. The molecule has 2 fully saturated rings. The van der Waals surface area contributed by atoms with E-state index in [9.17, 15) is 22.0 Å². The Morgan fingerprint density at radius 1 is 1.07 bits per heavy atom. The molecule has 0 radical (unpaired) electrons. The number of aromatic nitrogens is 3. The van der Waals surface area contributed by atoms with Crippen molar-refractivity contribution in [1.29, 1.82) is 0 Å². The van der Waals surface area contributed by atoms with Crippen LogP contribution in [0.15, 0.2) is 11.4 Å². The topological polar surface area (TPSA) is 59.9 Å². The number of ether oxygens (including phenoxy) is 1. The maximum atomic E-state index is 13.4. The number of hydrogen-bond donors (Lipinski definition) is 1. The van der Waals surface area contributed by atoms with Crippen LogP contribution >= 0.6 is 11.3 Å². The number of hydrogen-bond acceptors (Lipinski definition) is 6. The normalized spacial score (nSPS) is 20.3. The summed E-state index contributed by atoms with van der Waals surface area (Å²) in [6.45, 7) is 0. The summed E-state index contributed by atoms with van der Waals surface area (Å²) in [7, 11) is 0. The lowest BCUT2D eigenvalue weighted by molar-refractivity contribution is -0.140. The molecular formula is C18H19F5N4OS. The number of nitrogens with zero attached hydrogens (tertiary/aromatic N) is 3. The Morgan fingerprint density at radius 2 is 1.79 bits per heavy atom. The molecule has 2 aromatic rings. The number of alkyl halides is 5. The first kappa shape index (κ1) is 20.2. The second kappa shape index (κ2) is 7.66. The van der Waals surface area contributed by atoms with E-state index < -0.39 is 17.8 Å². The summed E-state index contributed by atoms with van der Waals surface area (Å²) in [4.78, 5) is 12.1. The molecule has 2 aliphatic carbocycles. The molecule has 0 aliphatic heterocycles. The van der Waals surface area contributed by atoms with Gasteiger partial charge in [-0.3, -0.25) is 0 Å². The third-order valence-corrected chi connectivity index (χ3v) is 5.94. The Hall–Kier alpha value is -2.04. The van der Waals surface area contributed by atoms with Crippen LogP contribution in [-0.4, -0.2) is 33.0 Å². The van der Waals surface area contributed by atoms with Crippen LogP contribution in [0.1, 0.15) is 50.6 Å². The first-order valence-corrected chi connectivity index (χ1v) is 10.3. The van der Waals surface area contributed by atoms with Crippen molar-refractivity contribution in [3.05, 3.63) is 17.1 Å². The van der Waals surface area contributed by atoms with Crippen molar-refractivity contribution in [3.8, 4) is 16.7 Å². The fourth-order valence-electron chi connectivity index (χ4n) is 3.21. The third kappa shape index (κ3) is 4.93. The van der Waals surface area contributed by atoms with Crippen molar-refractivity contribution in [3.63, 3.8) is 0 Å². The largest absolute Gasteiger partial charge is 0.474 e. The molecule has 2 saturated carbocycles. The molecule has 29 heavy (non-hydrogen) atoms. The number of nitrogens with one attached hydrogen (secondary N) is 1. The summed E-state index contributed by atoms with van der Waals surface area (Å²) < 4.78 is 71.2. The quantitative estimate of drug-likeness (QED) is 0.626. The molecule has 2 aliphatic rings. The zero-order valence-corrected chi connectivity index (χ0v) is 16.1. The van der Waals surface area contributed by atoms with Gasteiger partial charge in [-0.1, -0.05) is 0 Å². The summed E-state index contributed by atoms with van der Waals surface area (Å²) >= 11 is 0.793. The van der Waals surface area contributed by atoms with E-state index in [-0.39, 0.29) is 54.5 Å². The molecule has 158 valence electrons. The molecule has 11 heteroatoms. The van der Waals surface area contributed by atoms with Crippen LogP contribution in [0.25, 0.3) is 10.8 Å². The fraction of sp³-hybridized carbons (Fsp3) is 0.611. The molecule has 0 unspecified atom stereocenters. The zero-order chi connectivity index (χ0) is 20.6. The number of anilines is 1. The lowest BCUT2D eigenvalue weighted by atomic mass is 9.92.